The Morgan fingerprint density at radius 3 is 2.46 bits per heavy atom. The van der Waals surface area contributed by atoms with Crippen LogP contribution in [-0.2, 0) is 21.8 Å². The second-order valence-corrected chi connectivity index (χ2v) is 7.74. The lowest BCUT2D eigenvalue weighted by Crippen LogP contribution is -2.40. The normalized spacial score (nSPS) is 17.4. The second kappa shape index (κ2) is 7.18. The van der Waals surface area contributed by atoms with E-state index in [1.807, 2.05) is 0 Å². The van der Waals surface area contributed by atoms with Crippen molar-refractivity contribution in [1.82, 2.24) is 8.87 Å². The van der Waals surface area contributed by atoms with Crippen molar-refractivity contribution in [3.05, 3.63) is 17.5 Å². The number of halogens is 2. The number of esters is 1. The zero-order valence-electron chi connectivity index (χ0n) is 14.0. The molecule has 1 aromatic rings. The Morgan fingerprint density at radius 2 is 1.96 bits per heavy atom. The molecule has 2 heterocycles. The van der Waals surface area contributed by atoms with Gasteiger partial charge in [-0.05, 0) is 32.8 Å². The van der Waals surface area contributed by atoms with Gasteiger partial charge in [0.2, 0.25) is 16.4 Å². The van der Waals surface area contributed by atoms with Gasteiger partial charge < -0.3 is 9.30 Å². The average Bonchev–Trinajstić information content (AvgIpc) is 2.84. The molecule has 9 heteroatoms. The molecule has 1 fully saturated rings. The van der Waals surface area contributed by atoms with Crippen LogP contribution in [0.5, 0.6) is 0 Å². The van der Waals surface area contributed by atoms with Gasteiger partial charge in [0.05, 0.1) is 6.61 Å². The van der Waals surface area contributed by atoms with Crippen LogP contribution in [0.15, 0.2) is 11.0 Å². The molecule has 0 spiro atoms. The first kappa shape index (κ1) is 18.9. The van der Waals surface area contributed by atoms with Gasteiger partial charge in [0.1, 0.15) is 10.6 Å². The predicted octanol–water partition coefficient (Wildman–Crippen LogP) is 2.18. The SMILES string of the molecule is CCOC(=O)c1cc(S(=O)(=O)N2CCC(C(F)F)CC2)c(C)n1C. The summed E-state index contributed by atoms with van der Waals surface area (Å²) in [6, 6.07) is 1.29. The summed E-state index contributed by atoms with van der Waals surface area (Å²) in [4.78, 5) is 11.9. The third-order valence-electron chi connectivity index (χ3n) is 4.45. The Hall–Kier alpha value is -1.48. The fourth-order valence-corrected chi connectivity index (χ4v) is 4.58. The molecule has 0 atom stereocenters. The summed E-state index contributed by atoms with van der Waals surface area (Å²) >= 11 is 0. The summed E-state index contributed by atoms with van der Waals surface area (Å²) in [5.41, 5.74) is 0.560. The second-order valence-electron chi connectivity index (χ2n) is 5.83. The summed E-state index contributed by atoms with van der Waals surface area (Å²) in [5, 5.41) is 0. The Kier molecular flexibility index (Phi) is 5.64. The van der Waals surface area contributed by atoms with Gasteiger partial charge in [-0.25, -0.2) is 22.0 Å². The van der Waals surface area contributed by atoms with Gasteiger partial charge in [-0.15, -0.1) is 0 Å². The van der Waals surface area contributed by atoms with Crippen LogP contribution in [-0.4, -0.2) is 49.4 Å². The van der Waals surface area contributed by atoms with Gasteiger partial charge in [0.25, 0.3) is 0 Å². The number of sulfonamides is 1. The largest absolute Gasteiger partial charge is 0.461 e. The molecule has 0 radical (unpaired) electrons. The van der Waals surface area contributed by atoms with E-state index in [9.17, 15) is 22.0 Å². The molecule has 136 valence electrons. The summed E-state index contributed by atoms with van der Waals surface area (Å²) in [5.74, 6) is -1.36. The van der Waals surface area contributed by atoms with E-state index in [-0.39, 0.29) is 43.1 Å². The maximum absolute atomic E-state index is 12.8. The van der Waals surface area contributed by atoms with E-state index in [4.69, 9.17) is 4.74 Å². The Bertz CT molecular complexity index is 707. The minimum absolute atomic E-state index is 0.0172. The lowest BCUT2D eigenvalue weighted by atomic mass is 9.99. The van der Waals surface area contributed by atoms with E-state index in [1.165, 1.54) is 14.9 Å². The third kappa shape index (κ3) is 3.46. The molecular formula is C15H22F2N2O4S. The van der Waals surface area contributed by atoms with Crippen LogP contribution in [0.2, 0.25) is 0 Å². The van der Waals surface area contributed by atoms with Crippen LogP contribution in [0.25, 0.3) is 0 Å². The van der Waals surface area contributed by atoms with Gasteiger partial charge in [0.15, 0.2) is 0 Å². The van der Waals surface area contributed by atoms with Crippen LogP contribution >= 0.6 is 0 Å². The monoisotopic (exact) mass is 364 g/mol. The molecule has 0 unspecified atom stereocenters. The quantitative estimate of drug-likeness (QED) is 0.751. The maximum atomic E-state index is 12.8. The standard InChI is InChI=1S/C15H22F2N2O4S/c1-4-23-15(20)12-9-13(10(2)18(12)3)24(21,22)19-7-5-11(6-8-19)14(16)17/h9,11,14H,4-8H2,1-3H3. The van der Waals surface area contributed by atoms with Crippen molar-refractivity contribution in [2.24, 2.45) is 13.0 Å². The van der Waals surface area contributed by atoms with E-state index in [2.05, 4.69) is 0 Å². The first-order valence-electron chi connectivity index (χ1n) is 7.81. The molecule has 0 aromatic carbocycles. The number of hydrogen-bond donors (Lipinski definition) is 0. The molecule has 1 aromatic heterocycles. The molecule has 1 aliphatic heterocycles. The van der Waals surface area contributed by atoms with Crippen LogP contribution in [0, 0.1) is 12.8 Å². The van der Waals surface area contributed by atoms with E-state index < -0.39 is 28.3 Å². The molecule has 0 saturated carbocycles. The maximum Gasteiger partial charge on any atom is 0.354 e. The minimum Gasteiger partial charge on any atom is -0.461 e. The fraction of sp³-hybridized carbons (Fsp3) is 0.667. The molecule has 0 bridgehead atoms. The van der Waals surface area contributed by atoms with Crippen LogP contribution < -0.4 is 0 Å². The van der Waals surface area contributed by atoms with Crippen molar-refractivity contribution in [2.75, 3.05) is 19.7 Å². The number of piperidine rings is 1. The van der Waals surface area contributed by atoms with Crippen LogP contribution in [0.3, 0.4) is 0 Å². The highest BCUT2D eigenvalue weighted by Gasteiger charge is 2.35. The Morgan fingerprint density at radius 1 is 1.38 bits per heavy atom. The highest BCUT2D eigenvalue weighted by Crippen LogP contribution is 2.29. The van der Waals surface area contributed by atoms with Crippen molar-refractivity contribution in [1.29, 1.82) is 0 Å². The summed E-state index contributed by atoms with van der Waals surface area (Å²) in [6.45, 7) is 3.56. The summed E-state index contributed by atoms with van der Waals surface area (Å²) in [7, 11) is -2.25. The van der Waals surface area contributed by atoms with Gasteiger partial charge >= 0.3 is 5.97 Å². The number of carbonyl (C=O) groups excluding carboxylic acids is 1. The molecule has 24 heavy (non-hydrogen) atoms. The van der Waals surface area contributed by atoms with E-state index in [1.54, 1.807) is 20.9 Å². The van der Waals surface area contributed by atoms with Crippen molar-refractivity contribution in [2.45, 2.75) is 38.0 Å². The highest BCUT2D eigenvalue weighted by molar-refractivity contribution is 7.89. The fourth-order valence-electron chi connectivity index (χ4n) is 2.84. The van der Waals surface area contributed by atoms with Crippen molar-refractivity contribution in [3.63, 3.8) is 0 Å². The minimum atomic E-state index is -3.83. The first-order chi connectivity index (χ1) is 11.2. The lowest BCUT2D eigenvalue weighted by Gasteiger charge is -2.30. The number of carbonyl (C=O) groups is 1. The molecule has 1 saturated heterocycles. The van der Waals surface area contributed by atoms with E-state index >= 15 is 0 Å². The average molecular weight is 364 g/mol. The molecule has 6 nitrogen and oxygen atoms in total. The Balaban J connectivity index is 2.27. The highest BCUT2D eigenvalue weighted by atomic mass is 32.2. The zero-order valence-corrected chi connectivity index (χ0v) is 14.8. The molecular weight excluding hydrogens is 342 g/mol. The summed E-state index contributed by atoms with van der Waals surface area (Å²) < 4.78 is 58.7. The third-order valence-corrected chi connectivity index (χ3v) is 6.46. The van der Waals surface area contributed by atoms with Crippen molar-refractivity contribution >= 4 is 16.0 Å². The van der Waals surface area contributed by atoms with Crippen LogP contribution in [0.1, 0.15) is 35.9 Å². The van der Waals surface area contributed by atoms with Crippen LogP contribution in [0.4, 0.5) is 8.78 Å². The van der Waals surface area contributed by atoms with E-state index in [0.29, 0.717) is 5.69 Å². The predicted molar refractivity (Wildman–Crippen MR) is 83.6 cm³/mol. The number of hydrogen-bond acceptors (Lipinski definition) is 4. The number of nitrogens with zero attached hydrogens (tertiary/aromatic N) is 2. The number of aromatic nitrogens is 1. The number of alkyl halides is 2. The van der Waals surface area contributed by atoms with Crippen molar-refractivity contribution < 1.29 is 26.7 Å². The van der Waals surface area contributed by atoms with Gasteiger partial charge in [0, 0.05) is 31.7 Å². The molecule has 1 aliphatic rings. The van der Waals surface area contributed by atoms with Gasteiger partial charge in [-0.1, -0.05) is 0 Å². The van der Waals surface area contributed by atoms with E-state index in [0.717, 1.165) is 0 Å². The number of rotatable bonds is 5. The molecule has 0 amide bonds. The van der Waals surface area contributed by atoms with Gasteiger partial charge in [-0.3, -0.25) is 0 Å². The van der Waals surface area contributed by atoms with Crippen molar-refractivity contribution in [3.8, 4) is 0 Å². The molecule has 0 aliphatic carbocycles. The Labute approximate surface area is 140 Å². The molecule has 2 rings (SSSR count). The number of ether oxygens (including phenoxy) is 1. The first-order valence-corrected chi connectivity index (χ1v) is 9.25. The topological polar surface area (TPSA) is 68.6 Å². The summed E-state index contributed by atoms with van der Waals surface area (Å²) in [6.07, 6.45) is -2.16. The zero-order chi connectivity index (χ0) is 18.1. The lowest BCUT2D eigenvalue weighted by molar-refractivity contribution is 0.0489. The molecule has 0 N–H and O–H groups in total. The van der Waals surface area contributed by atoms with Gasteiger partial charge in [-0.2, -0.15) is 4.31 Å². The smallest absolute Gasteiger partial charge is 0.354 e.